The van der Waals surface area contributed by atoms with E-state index in [2.05, 4.69) is 33.8 Å². The fourth-order valence-electron chi connectivity index (χ4n) is 3.07. The average Bonchev–Trinajstić information content (AvgIpc) is 2.25. The van der Waals surface area contributed by atoms with Crippen LogP contribution in [0.1, 0.15) is 47.1 Å². The van der Waals surface area contributed by atoms with Crippen LogP contribution in [0.3, 0.4) is 0 Å². The van der Waals surface area contributed by atoms with Crippen LogP contribution in [0.4, 0.5) is 0 Å². The summed E-state index contributed by atoms with van der Waals surface area (Å²) in [6.07, 6.45) is 5.18. The molecular weight excluding hydrogens is 206 g/mol. The van der Waals surface area contributed by atoms with Crippen molar-refractivity contribution < 1.29 is 0 Å². The first-order valence-electron chi connectivity index (χ1n) is 6.75. The lowest BCUT2D eigenvalue weighted by Gasteiger charge is -2.42. The molecule has 0 amide bonds. The van der Waals surface area contributed by atoms with E-state index < -0.39 is 0 Å². The Labute approximate surface area is 105 Å². The van der Waals surface area contributed by atoms with Gasteiger partial charge in [-0.2, -0.15) is 0 Å². The van der Waals surface area contributed by atoms with Gasteiger partial charge in [0.25, 0.3) is 0 Å². The molecule has 2 rings (SSSR count). The first-order chi connectivity index (χ1) is 7.99. The van der Waals surface area contributed by atoms with Gasteiger partial charge in [0.1, 0.15) is 0 Å². The molecule has 1 fully saturated rings. The van der Waals surface area contributed by atoms with Gasteiger partial charge in [-0.25, -0.2) is 0 Å². The van der Waals surface area contributed by atoms with E-state index in [1.54, 1.807) is 5.56 Å². The van der Waals surface area contributed by atoms with Gasteiger partial charge in [0.2, 0.25) is 0 Å². The van der Waals surface area contributed by atoms with Crippen LogP contribution in [0.25, 0.3) is 0 Å². The zero-order chi connectivity index (χ0) is 12.6. The van der Waals surface area contributed by atoms with Gasteiger partial charge in [0, 0.05) is 0 Å². The number of benzene rings is 1. The highest BCUT2D eigenvalue weighted by molar-refractivity contribution is 5.44. The second kappa shape index (κ2) is 4.45. The first-order valence-corrected chi connectivity index (χ1v) is 6.75. The smallest absolute Gasteiger partial charge is 0.00173 e. The van der Waals surface area contributed by atoms with Gasteiger partial charge >= 0.3 is 0 Å². The Bertz CT molecular complexity index is 396. The fourth-order valence-corrected chi connectivity index (χ4v) is 3.07. The topological polar surface area (TPSA) is 26.0 Å². The maximum Gasteiger partial charge on any atom is -0.00173 e. The summed E-state index contributed by atoms with van der Waals surface area (Å²) in [6.45, 7) is 9.82. The molecule has 1 aromatic carbocycles. The molecule has 1 nitrogen and oxygen atoms in total. The van der Waals surface area contributed by atoms with E-state index in [4.69, 9.17) is 5.73 Å². The molecule has 1 aliphatic rings. The van der Waals surface area contributed by atoms with Crippen molar-refractivity contribution in [3.8, 4) is 0 Å². The van der Waals surface area contributed by atoms with Crippen LogP contribution in [-0.4, -0.2) is 6.54 Å². The van der Waals surface area contributed by atoms with Crippen molar-refractivity contribution >= 4 is 0 Å². The van der Waals surface area contributed by atoms with Gasteiger partial charge in [-0.05, 0) is 86.7 Å². The summed E-state index contributed by atoms with van der Waals surface area (Å²) >= 11 is 0. The van der Waals surface area contributed by atoms with E-state index >= 15 is 0 Å². The van der Waals surface area contributed by atoms with Crippen LogP contribution in [0.15, 0.2) is 6.07 Å². The summed E-state index contributed by atoms with van der Waals surface area (Å²) in [5.41, 5.74) is 13.8. The summed E-state index contributed by atoms with van der Waals surface area (Å²) in [4.78, 5) is 0. The SMILES string of the molecule is Cc1cc(C)c(C)c(CC2(CN)CCC2)c1C. The molecule has 0 radical (unpaired) electrons. The molecule has 2 N–H and O–H groups in total. The summed E-state index contributed by atoms with van der Waals surface area (Å²) in [6, 6.07) is 2.31. The van der Waals surface area contributed by atoms with Crippen LogP contribution in [0, 0.1) is 33.1 Å². The van der Waals surface area contributed by atoms with Crippen molar-refractivity contribution in [2.75, 3.05) is 6.54 Å². The highest BCUT2D eigenvalue weighted by Gasteiger charge is 2.36. The van der Waals surface area contributed by atoms with Gasteiger partial charge in [0.05, 0.1) is 0 Å². The zero-order valence-electron chi connectivity index (χ0n) is 11.7. The molecule has 0 atom stereocenters. The molecule has 1 saturated carbocycles. The van der Waals surface area contributed by atoms with Crippen LogP contribution in [0.2, 0.25) is 0 Å². The molecule has 1 aromatic rings. The lowest BCUT2D eigenvalue weighted by Crippen LogP contribution is -2.39. The van der Waals surface area contributed by atoms with E-state index in [-0.39, 0.29) is 0 Å². The van der Waals surface area contributed by atoms with Crippen molar-refractivity contribution in [2.24, 2.45) is 11.1 Å². The normalized spacial score (nSPS) is 17.9. The fraction of sp³-hybridized carbons (Fsp3) is 0.625. The molecule has 0 heterocycles. The number of hydrogen-bond donors (Lipinski definition) is 1. The van der Waals surface area contributed by atoms with Crippen molar-refractivity contribution in [1.29, 1.82) is 0 Å². The third-order valence-corrected chi connectivity index (χ3v) is 4.92. The molecule has 0 unspecified atom stereocenters. The second-order valence-corrected chi connectivity index (χ2v) is 5.97. The Morgan fingerprint density at radius 2 is 1.59 bits per heavy atom. The van der Waals surface area contributed by atoms with Crippen LogP contribution >= 0.6 is 0 Å². The monoisotopic (exact) mass is 231 g/mol. The predicted octanol–water partition coefficient (Wildman–Crippen LogP) is 3.59. The molecule has 0 aromatic heterocycles. The molecule has 1 aliphatic carbocycles. The Hall–Kier alpha value is -0.820. The van der Waals surface area contributed by atoms with E-state index in [0.717, 1.165) is 6.54 Å². The van der Waals surface area contributed by atoms with E-state index in [9.17, 15) is 0 Å². The third kappa shape index (κ3) is 2.13. The molecular formula is C16H25N. The molecule has 94 valence electrons. The summed E-state index contributed by atoms with van der Waals surface area (Å²) in [7, 11) is 0. The number of nitrogens with two attached hydrogens (primary N) is 1. The van der Waals surface area contributed by atoms with E-state index in [1.165, 1.54) is 47.9 Å². The molecule has 0 spiro atoms. The third-order valence-electron chi connectivity index (χ3n) is 4.92. The standard InChI is InChI=1S/C16H25N/c1-11-8-12(2)14(4)15(13(11)3)9-16(10-17)6-5-7-16/h8H,5-7,9-10,17H2,1-4H3. The van der Waals surface area contributed by atoms with Gasteiger partial charge in [0.15, 0.2) is 0 Å². The summed E-state index contributed by atoms with van der Waals surface area (Å²) in [5.74, 6) is 0. The zero-order valence-corrected chi connectivity index (χ0v) is 11.7. The van der Waals surface area contributed by atoms with Crippen LogP contribution < -0.4 is 5.73 Å². The van der Waals surface area contributed by atoms with E-state index in [0.29, 0.717) is 5.41 Å². The Kier molecular flexibility index (Phi) is 3.31. The number of hydrogen-bond acceptors (Lipinski definition) is 1. The van der Waals surface area contributed by atoms with Gasteiger partial charge < -0.3 is 5.73 Å². The minimum Gasteiger partial charge on any atom is -0.330 e. The highest BCUT2D eigenvalue weighted by Crippen LogP contribution is 2.44. The minimum absolute atomic E-state index is 0.412. The minimum atomic E-state index is 0.412. The second-order valence-electron chi connectivity index (χ2n) is 5.97. The van der Waals surface area contributed by atoms with E-state index in [1.807, 2.05) is 0 Å². The van der Waals surface area contributed by atoms with Crippen molar-refractivity contribution in [2.45, 2.75) is 53.4 Å². The average molecular weight is 231 g/mol. The van der Waals surface area contributed by atoms with Crippen LogP contribution in [-0.2, 0) is 6.42 Å². The van der Waals surface area contributed by atoms with Gasteiger partial charge in [-0.3, -0.25) is 0 Å². The van der Waals surface area contributed by atoms with Gasteiger partial charge in [-0.15, -0.1) is 0 Å². The lowest BCUT2D eigenvalue weighted by molar-refractivity contribution is 0.144. The van der Waals surface area contributed by atoms with Crippen molar-refractivity contribution in [3.05, 3.63) is 33.9 Å². The summed E-state index contributed by atoms with van der Waals surface area (Å²) < 4.78 is 0. The molecule has 0 saturated heterocycles. The summed E-state index contributed by atoms with van der Waals surface area (Å²) in [5, 5.41) is 0. The maximum absolute atomic E-state index is 5.99. The quantitative estimate of drug-likeness (QED) is 0.845. The highest BCUT2D eigenvalue weighted by atomic mass is 14.6. The first kappa shape index (κ1) is 12.6. The number of aryl methyl sites for hydroxylation is 2. The van der Waals surface area contributed by atoms with Crippen molar-refractivity contribution in [3.63, 3.8) is 0 Å². The van der Waals surface area contributed by atoms with Crippen molar-refractivity contribution in [1.82, 2.24) is 0 Å². The Balaban J connectivity index is 2.38. The lowest BCUT2D eigenvalue weighted by atomic mass is 9.64. The largest absolute Gasteiger partial charge is 0.330 e. The predicted molar refractivity (Wildman–Crippen MR) is 74.4 cm³/mol. The Morgan fingerprint density at radius 1 is 1.06 bits per heavy atom. The molecule has 0 aliphatic heterocycles. The van der Waals surface area contributed by atoms with Crippen LogP contribution in [0.5, 0.6) is 0 Å². The molecule has 1 heteroatoms. The molecule has 17 heavy (non-hydrogen) atoms. The molecule has 0 bridgehead atoms. The number of rotatable bonds is 3. The Morgan fingerprint density at radius 3 is 1.94 bits per heavy atom. The maximum atomic E-state index is 5.99. The van der Waals surface area contributed by atoms with Gasteiger partial charge in [-0.1, -0.05) is 12.5 Å².